The number of aromatic nitrogens is 8. The molecular formula is C41H36N8. The number of benzene rings is 5. The summed E-state index contributed by atoms with van der Waals surface area (Å²) in [5.74, 6) is 1.45. The Morgan fingerprint density at radius 1 is 0.653 bits per heavy atom. The first-order chi connectivity index (χ1) is 24.2. The maximum Gasteiger partial charge on any atom is 0.184 e. The second-order valence-corrected chi connectivity index (χ2v) is 12.3. The van der Waals surface area contributed by atoms with E-state index in [1.807, 2.05) is 40.5 Å². The molecule has 5 aromatic carbocycles. The molecule has 0 aliphatic heterocycles. The van der Waals surface area contributed by atoms with Crippen molar-refractivity contribution in [3.05, 3.63) is 179 Å². The van der Waals surface area contributed by atoms with Gasteiger partial charge in [0.05, 0.1) is 6.54 Å². The van der Waals surface area contributed by atoms with Gasteiger partial charge in [0.2, 0.25) is 0 Å². The zero-order valence-corrected chi connectivity index (χ0v) is 27.6. The van der Waals surface area contributed by atoms with Crippen LogP contribution in [0.1, 0.15) is 47.1 Å². The lowest BCUT2D eigenvalue weighted by atomic mass is 9.77. The highest BCUT2D eigenvalue weighted by atomic mass is 15.6. The van der Waals surface area contributed by atoms with E-state index in [2.05, 4.69) is 148 Å². The summed E-state index contributed by atoms with van der Waals surface area (Å²) in [6.45, 7) is 4.84. The predicted molar refractivity (Wildman–Crippen MR) is 192 cm³/mol. The van der Waals surface area contributed by atoms with Crippen LogP contribution in [0.15, 0.2) is 146 Å². The quantitative estimate of drug-likeness (QED) is 0.142. The molecule has 0 saturated carbocycles. The lowest BCUT2D eigenvalue weighted by molar-refractivity contribution is 0.451. The molecule has 0 radical (unpaired) electrons. The maximum absolute atomic E-state index is 4.77. The van der Waals surface area contributed by atoms with E-state index in [9.17, 15) is 0 Å². The summed E-state index contributed by atoms with van der Waals surface area (Å²) in [4.78, 5) is 4.60. The molecule has 0 unspecified atom stereocenters. The molecule has 49 heavy (non-hydrogen) atoms. The van der Waals surface area contributed by atoms with Crippen molar-refractivity contribution in [2.75, 3.05) is 0 Å². The van der Waals surface area contributed by atoms with E-state index >= 15 is 0 Å². The fourth-order valence-corrected chi connectivity index (χ4v) is 7.04. The summed E-state index contributed by atoms with van der Waals surface area (Å²) in [6.07, 6.45) is 2.03. The van der Waals surface area contributed by atoms with Gasteiger partial charge in [-0.15, -0.1) is 10.2 Å². The highest BCUT2D eigenvalue weighted by Gasteiger charge is 2.42. The Kier molecular flexibility index (Phi) is 7.89. The third-order valence-corrected chi connectivity index (χ3v) is 9.21. The molecule has 0 saturated heterocycles. The average molecular weight is 641 g/mol. The summed E-state index contributed by atoms with van der Waals surface area (Å²) in [7, 11) is 0. The molecule has 0 amide bonds. The van der Waals surface area contributed by atoms with Crippen LogP contribution in [-0.4, -0.2) is 39.6 Å². The first kappa shape index (κ1) is 30.2. The minimum Gasteiger partial charge on any atom is -0.263 e. The zero-order chi connectivity index (χ0) is 33.2. The Balaban J connectivity index is 1.24. The topological polar surface area (TPSA) is 78.7 Å². The van der Waals surface area contributed by atoms with Crippen LogP contribution in [0.25, 0.3) is 28.2 Å². The fraction of sp³-hybridized carbons (Fsp3) is 0.146. The van der Waals surface area contributed by atoms with Crippen molar-refractivity contribution in [3.8, 4) is 22.5 Å². The van der Waals surface area contributed by atoms with Crippen LogP contribution in [0.3, 0.4) is 0 Å². The third kappa shape index (κ3) is 5.31. The largest absolute Gasteiger partial charge is 0.263 e. The molecule has 0 bridgehead atoms. The molecule has 3 aromatic heterocycles. The van der Waals surface area contributed by atoms with Gasteiger partial charge in [-0.2, -0.15) is 4.63 Å². The fourth-order valence-electron chi connectivity index (χ4n) is 7.04. The van der Waals surface area contributed by atoms with Gasteiger partial charge in [0, 0.05) is 17.3 Å². The summed E-state index contributed by atoms with van der Waals surface area (Å²) in [5, 5.41) is 18.5. The van der Waals surface area contributed by atoms with Crippen LogP contribution in [0, 0.1) is 6.92 Å². The normalized spacial score (nSPS) is 11.7. The third-order valence-electron chi connectivity index (χ3n) is 9.21. The van der Waals surface area contributed by atoms with E-state index in [0.717, 1.165) is 57.7 Å². The second kappa shape index (κ2) is 12.8. The van der Waals surface area contributed by atoms with Gasteiger partial charge in [0.1, 0.15) is 11.4 Å². The van der Waals surface area contributed by atoms with Crippen LogP contribution in [-0.2, 0) is 18.5 Å². The number of hydrogen-bond acceptors (Lipinski definition) is 5. The number of rotatable bonds is 10. The summed E-state index contributed by atoms with van der Waals surface area (Å²) >= 11 is 0. The van der Waals surface area contributed by atoms with E-state index in [-0.39, 0.29) is 0 Å². The Bertz CT molecular complexity index is 2220. The van der Waals surface area contributed by atoms with Crippen molar-refractivity contribution >= 4 is 5.65 Å². The van der Waals surface area contributed by atoms with Crippen molar-refractivity contribution in [2.24, 2.45) is 0 Å². The Morgan fingerprint density at radius 3 is 1.82 bits per heavy atom. The molecule has 3 heterocycles. The number of fused-ring (bicyclic) bond motifs is 1. The average Bonchev–Trinajstić information content (AvgIpc) is 3.86. The van der Waals surface area contributed by atoms with Crippen molar-refractivity contribution in [1.82, 2.24) is 39.6 Å². The van der Waals surface area contributed by atoms with Gasteiger partial charge in [-0.3, -0.25) is 4.68 Å². The lowest BCUT2D eigenvalue weighted by Gasteiger charge is -2.36. The van der Waals surface area contributed by atoms with E-state index in [1.165, 1.54) is 11.3 Å². The van der Waals surface area contributed by atoms with Crippen molar-refractivity contribution < 1.29 is 0 Å². The van der Waals surface area contributed by atoms with Gasteiger partial charge in [-0.05, 0) is 57.2 Å². The summed E-state index contributed by atoms with van der Waals surface area (Å²) < 4.78 is 6.15. The van der Waals surface area contributed by atoms with Gasteiger partial charge in [-0.1, -0.05) is 153 Å². The molecule has 0 spiro atoms. The Labute approximate surface area is 285 Å². The summed E-state index contributed by atoms with van der Waals surface area (Å²) in [6, 6.07) is 50.8. The van der Waals surface area contributed by atoms with Gasteiger partial charge in [0.15, 0.2) is 11.5 Å². The highest BCUT2D eigenvalue weighted by Crippen LogP contribution is 2.43. The predicted octanol–water partition coefficient (Wildman–Crippen LogP) is 8.00. The second-order valence-electron chi connectivity index (χ2n) is 12.3. The van der Waals surface area contributed by atoms with Crippen molar-refractivity contribution in [1.29, 1.82) is 0 Å². The zero-order valence-electron chi connectivity index (χ0n) is 27.6. The molecule has 0 aliphatic carbocycles. The molecule has 0 atom stereocenters. The van der Waals surface area contributed by atoms with Crippen LogP contribution < -0.4 is 0 Å². The lowest BCUT2D eigenvalue weighted by Crippen LogP contribution is -2.39. The standard InChI is InChI=1S/C41H36N8/c1-3-15-36-28-39-42-30(2)44-49(39)47(36)29-31-24-26-32(27-25-31)37-22-13-14-23-38(37)40-43-45-46-48(40)41(33-16-7-4-8-17-33,34-18-9-5-10-19-34)35-20-11-6-12-21-35/h4-14,16-28H,3,15,29H2,1-2H3. The van der Waals surface area contributed by atoms with Gasteiger partial charge < -0.3 is 0 Å². The monoisotopic (exact) mass is 640 g/mol. The molecule has 0 fully saturated rings. The molecule has 0 aliphatic rings. The number of hydrogen-bond donors (Lipinski definition) is 0. The first-order valence-corrected chi connectivity index (χ1v) is 16.7. The van der Waals surface area contributed by atoms with Gasteiger partial charge in [0.25, 0.3) is 0 Å². The summed E-state index contributed by atoms with van der Waals surface area (Å²) in [5.41, 5.74) is 8.74. The van der Waals surface area contributed by atoms with Crippen molar-refractivity contribution in [3.63, 3.8) is 0 Å². The minimum atomic E-state index is -0.836. The van der Waals surface area contributed by atoms with Gasteiger partial charge >= 0.3 is 0 Å². The van der Waals surface area contributed by atoms with E-state index in [4.69, 9.17) is 10.3 Å². The van der Waals surface area contributed by atoms with Crippen LogP contribution in [0.5, 0.6) is 0 Å². The van der Waals surface area contributed by atoms with Gasteiger partial charge in [-0.25, -0.2) is 9.67 Å². The van der Waals surface area contributed by atoms with Crippen LogP contribution in [0.4, 0.5) is 0 Å². The van der Waals surface area contributed by atoms with Crippen molar-refractivity contribution in [2.45, 2.75) is 38.8 Å². The number of tetrazole rings is 1. The Morgan fingerprint density at radius 2 is 1.22 bits per heavy atom. The molecule has 8 heteroatoms. The van der Waals surface area contributed by atoms with Crippen LogP contribution >= 0.6 is 0 Å². The molecule has 8 nitrogen and oxygen atoms in total. The molecule has 8 rings (SSSR count). The molecule has 8 aromatic rings. The molecular weight excluding hydrogens is 605 g/mol. The smallest absolute Gasteiger partial charge is 0.184 e. The van der Waals surface area contributed by atoms with E-state index in [0.29, 0.717) is 12.4 Å². The van der Waals surface area contributed by atoms with Crippen LogP contribution in [0.2, 0.25) is 0 Å². The SMILES string of the molecule is CCCc1cc2nc(C)nn2n1Cc1ccc(-c2ccccc2-c2nnnn2C(c2ccccc2)(c2ccccc2)c2ccccc2)cc1. The molecule has 240 valence electrons. The highest BCUT2D eigenvalue weighted by molar-refractivity contribution is 5.81. The van der Waals surface area contributed by atoms with E-state index in [1.54, 1.807) is 0 Å². The Hall–Kier alpha value is -6.15. The minimum absolute atomic E-state index is 0.678. The maximum atomic E-state index is 4.77. The first-order valence-electron chi connectivity index (χ1n) is 16.7. The van der Waals surface area contributed by atoms with E-state index < -0.39 is 5.54 Å². The number of aryl methyl sites for hydroxylation is 2. The molecule has 0 N–H and O–H groups in total. The number of nitrogens with zero attached hydrogens (tertiary/aromatic N) is 8.